The van der Waals surface area contributed by atoms with Gasteiger partial charge in [-0.2, -0.15) is 0 Å². The van der Waals surface area contributed by atoms with Crippen LogP contribution in [-0.2, 0) is 13.0 Å². The summed E-state index contributed by atoms with van der Waals surface area (Å²) in [5.41, 5.74) is 2.58. The minimum Gasteiger partial charge on any atom is -0.303 e. The Morgan fingerprint density at radius 1 is 1.10 bits per heavy atom. The van der Waals surface area contributed by atoms with E-state index in [-0.39, 0.29) is 0 Å². The van der Waals surface area contributed by atoms with E-state index in [1.807, 2.05) is 24.4 Å². The normalized spacial score (nSPS) is 17.5. The van der Waals surface area contributed by atoms with E-state index < -0.39 is 0 Å². The SMILES string of the molecule is CN(Cc1cccn1-c1ncccn1)C[C@H]1CCCN(CCc2ccc(Cl)cc2)C1. The van der Waals surface area contributed by atoms with E-state index in [4.69, 9.17) is 11.6 Å². The van der Waals surface area contributed by atoms with Gasteiger partial charge < -0.3 is 9.80 Å². The highest BCUT2D eigenvalue weighted by Gasteiger charge is 2.21. The molecule has 3 heterocycles. The van der Waals surface area contributed by atoms with Gasteiger partial charge in [0.05, 0.1) is 0 Å². The summed E-state index contributed by atoms with van der Waals surface area (Å²) >= 11 is 6.00. The number of rotatable bonds is 8. The predicted octanol–water partition coefficient (Wildman–Crippen LogP) is 4.31. The van der Waals surface area contributed by atoms with Gasteiger partial charge in [0.1, 0.15) is 0 Å². The van der Waals surface area contributed by atoms with Gasteiger partial charge in [0.2, 0.25) is 5.95 Å². The van der Waals surface area contributed by atoms with Crippen LogP contribution >= 0.6 is 11.6 Å². The Balaban J connectivity index is 1.28. The van der Waals surface area contributed by atoms with Crippen molar-refractivity contribution in [2.45, 2.75) is 25.8 Å². The van der Waals surface area contributed by atoms with Crippen molar-refractivity contribution in [2.24, 2.45) is 5.92 Å². The molecule has 0 amide bonds. The van der Waals surface area contributed by atoms with Gasteiger partial charge in [0.25, 0.3) is 0 Å². The molecule has 3 aromatic rings. The second kappa shape index (κ2) is 10.2. The van der Waals surface area contributed by atoms with Crippen LogP contribution in [0.5, 0.6) is 0 Å². The van der Waals surface area contributed by atoms with E-state index in [0.717, 1.165) is 37.0 Å². The van der Waals surface area contributed by atoms with Crippen LogP contribution in [0.2, 0.25) is 5.02 Å². The molecule has 0 radical (unpaired) electrons. The minimum absolute atomic E-state index is 0.713. The van der Waals surface area contributed by atoms with E-state index in [0.29, 0.717) is 5.92 Å². The van der Waals surface area contributed by atoms with E-state index in [2.05, 4.69) is 55.6 Å². The fourth-order valence-corrected chi connectivity index (χ4v) is 4.51. The lowest BCUT2D eigenvalue weighted by molar-refractivity contribution is 0.141. The van der Waals surface area contributed by atoms with Crippen LogP contribution < -0.4 is 0 Å². The third-order valence-electron chi connectivity index (χ3n) is 5.84. The van der Waals surface area contributed by atoms with Crippen molar-refractivity contribution in [1.29, 1.82) is 0 Å². The first-order valence-corrected chi connectivity index (χ1v) is 11.1. The molecule has 1 fully saturated rings. The molecule has 0 bridgehead atoms. The van der Waals surface area contributed by atoms with E-state index in [1.165, 1.54) is 37.2 Å². The summed E-state index contributed by atoms with van der Waals surface area (Å²) in [5.74, 6) is 1.45. The van der Waals surface area contributed by atoms with E-state index in [1.54, 1.807) is 12.4 Å². The first kappa shape index (κ1) is 21.0. The molecule has 30 heavy (non-hydrogen) atoms. The average Bonchev–Trinajstić information content (AvgIpc) is 3.22. The number of hydrogen-bond acceptors (Lipinski definition) is 4. The highest BCUT2D eigenvalue weighted by Crippen LogP contribution is 2.19. The topological polar surface area (TPSA) is 37.2 Å². The van der Waals surface area contributed by atoms with E-state index >= 15 is 0 Å². The number of likely N-dealkylation sites (tertiary alicyclic amines) is 1. The van der Waals surface area contributed by atoms with Crippen molar-refractivity contribution in [3.05, 3.63) is 77.3 Å². The van der Waals surface area contributed by atoms with Gasteiger partial charge in [0.15, 0.2) is 0 Å². The van der Waals surface area contributed by atoms with Crippen molar-refractivity contribution >= 4 is 11.6 Å². The highest BCUT2D eigenvalue weighted by atomic mass is 35.5. The molecule has 4 rings (SSSR count). The zero-order chi connectivity index (χ0) is 20.8. The molecule has 0 N–H and O–H groups in total. The van der Waals surface area contributed by atoms with Crippen LogP contribution in [0.4, 0.5) is 0 Å². The molecule has 5 nitrogen and oxygen atoms in total. The molecule has 1 aromatic carbocycles. The zero-order valence-electron chi connectivity index (χ0n) is 17.6. The Labute approximate surface area is 184 Å². The van der Waals surface area contributed by atoms with Crippen LogP contribution in [0, 0.1) is 5.92 Å². The molecular weight excluding hydrogens is 394 g/mol. The molecule has 1 saturated heterocycles. The largest absolute Gasteiger partial charge is 0.303 e. The number of halogens is 1. The molecule has 1 aliphatic rings. The zero-order valence-corrected chi connectivity index (χ0v) is 18.4. The second-order valence-electron chi connectivity index (χ2n) is 8.30. The maximum Gasteiger partial charge on any atom is 0.233 e. The Hall–Kier alpha value is -2.21. The van der Waals surface area contributed by atoms with Gasteiger partial charge in [-0.15, -0.1) is 0 Å². The van der Waals surface area contributed by atoms with Gasteiger partial charge in [-0.25, -0.2) is 9.97 Å². The Morgan fingerprint density at radius 3 is 2.70 bits per heavy atom. The minimum atomic E-state index is 0.713. The summed E-state index contributed by atoms with van der Waals surface area (Å²) < 4.78 is 2.08. The van der Waals surface area contributed by atoms with Crippen molar-refractivity contribution in [2.75, 3.05) is 33.2 Å². The number of aromatic nitrogens is 3. The van der Waals surface area contributed by atoms with Crippen molar-refractivity contribution < 1.29 is 0 Å². The molecule has 1 atom stereocenters. The Morgan fingerprint density at radius 2 is 1.90 bits per heavy atom. The Bertz CT molecular complexity index is 909. The molecule has 0 unspecified atom stereocenters. The summed E-state index contributed by atoms with van der Waals surface area (Å²) in [6.07, 6.45) is 9.30. The lowest BCUT2D eigenvalue weighted by Crippen LogP contribution is -2.40. The third kappa shape index (κ3) is 5.69. The van der Waals surface area contributed by atoms with Crippen LogP contribution in [0.1, 0.15) is 24.1 Å². The van der Waals surface area contributed by atoms with Crippen LogP contribution in [0.25, 0.3) is 5.95 Å². The molecule has 2 aromatic heterocycles. The van der Waals surface area contributed by atoms with Crippen LogP contribution in [0.15, 0.2) is 61.1 Å². The monoisotopic (exact) mass is 423 g/mol. The lowest BCUT2D eigenvalue weighted by Gasteiger charge is -2.34. The molecule has 6 heteroatoms. The number of nitrogens with zero attached hydrogens (tertiary/aromatic N) is 5. The maximum absolute atomic E-state index is 6.00. The smallest absolute Gasteiger partial charge is 0.233 e. The predicted molar refractivity (Wildman–Crippen MR) is 122 cm³/mol. The summed E-state index contributed by atoms with van der Waals surface area (Å²) in [6.45, 7) is 5.52. The average molecular weight is 424 g/mol. The van der Waals surface area contributed by atoms with Gasteiger partial charge in [-0.3, -0.25) is 4.57 Å². The molecule has 0 spiro atoms. The summed E-state index contributed by atoms with van der Waals surface area (Å²) in [5, 5.41) is 0.810. The van der Waals surface area contributed by atoms with Gasteiger partial charge in [-0.1, -0.05) is 23.7 Å². The lowest BCUT2D eigenvalue weighted by atomic mass is 9.97. The molecule has 0 saturated carbocycles. The van der Waals surface area contributed by atoms with Crippen LogP contribution in [0.3, 0.4) is 0 Å². The molecule has 1 aliphatic heterocycles. The van der Waals surface area contributed by atoms with Crippen molar-refractivity contribution in [3.63, 3.8) is 0 Å². The van der Waals surface area contributed by atoms with Crippen LogP contribution in [-0.4, -0.2) is 57.6 Å². The Kier molecular flexibility index (Phi) is 7.16. The van der Waals surface area contributed by atoms with Gasteiger partial charge >= 0.3 is 0 Å². The fourth-order valence-electron chi connectivity index (χ4n) is 4.38. The number of benzene rings is 1. The van der Waals surface area contributed by atoms with Gasteiger partial charge in [-0.05, 0) is 74.7 Å². The van der Waals surface area contributed by atoms with E-state index in [9.17, 15) is 0 Å². The first-order chi connectivity index (χ1) is 14.7. The van der Waals surface area contributed by atoms with Gasteiger partial charge in [0, 0.05) is 55.5 Å². The summed E-state index contributed by atoms with van der Waals surface area (Å²) in [4.78, 5) is 13.8. The molecular formula is C24H30ClN5. The summed E-state index contributed by atoms with van der Waals surface area (Å²) in [7, 11) is 2.22. The highest BCUT2D eigenvalue weighted by molar-refractivity contribution is 6.30. The number of hydrogen-bond donors (Lipinski definition) is 0. The van der Waals surface area contributed by atoms with Crippen molar-refractivity contribution in [1.82, 2.24) is 24.3 Å². The maximum atomic E-state index is 6.00. The van der Waals surface area contributed by atoms with Crippen molar-refractivity contribution in [3.8, 4) is 5.95 Å². The second-order valence-corrected chi connectivity index (χ2v) is 8.74. The molecule has 0 aliphatic carbocycles. The molecule has 158 valence electrons. The fraction of sp³-hybridized carbons (Fsp3) is 0.417. The first-order valence-electron chi connectivity index (χ1n) is 10.8. The number of piperidine rings is 1. The third-order valence-corrected chi connectivity index (χ3v) is 6.09. The standard InChI is InChI=1S/C24H30ClN5/c1-28(19-23-6-3-15-30(23)24-26-12-4-13-27-24)17-21-5-2-14-29(18-21)16-11-20-7-9-22(25)10-8-20/h3-4,6-10,12-13,15,21H,2,5,11,14,16-19H2,1H3/t21-/m1/s1. The summed E-state index contributed by atoms with van der Waals surface area (Å²) in [6, 6.07) is 14.3. The quantitative estimate of drug-likeness (QED) is 0.541.